The minimum atomic E-state index is -1.20. The molecule has 5 aromatic rings. The number of nitrogens with zero attached hydrogens (tertiary/aromatic N) is 2. The topological polar surface area (TPSA) is 80.7 Å². The first-order chi connectivity index (χ1) is 26.6. The summed E-state index contributed by atoms with van der Waals surface area (Å²) in [6, 6.07) is 43.7. The smallest absolute Gasteiger partial charge is 0.410 e. The highest BCUT2D eigenvalue weighted by atomic mass is 19.1. The van der Waals surface area contributed by atoms with E-state index in [9.17, 15) is 9.90 Å². The van der Waals surface area contributed by atoms with Crippen molar-refractivity contribution < 1.29 is 33.2 Å². The first-order valence-electron chi connectivity index (χ1n) is 18.8. The van der Waals surface area contributed by atoms with Gasteiger partial charge in [0.2, 0.25) is 0 Å². The van der Waals surface area contributed by atoms with E-state index in [1.807, 2.05) is 124 Å². The van der Waals surface area contributed by atoms with Crippen LogP contribution in [0.2, 0.25) is 0 Å². The molecule has 8 nitrogen and oxygen atoms in total. The van der Waals surface area contributed by atoms with Gasteiger partial charge in [-0.05, 0) is 67.1 Å². The van der Waals surface area contributed by atoms with Crippen LogP contribution in [0, 0.1) is 5.82 Å². The van der Waals surface area contributed by atoms with Gasteiger partial charge in [0.1, 0.15) is 23.8 Å². The van der Waals surface area contributed by atoms with E-state index < -0.39 is 42.0 Å². The fourth-order valence-corrected chi connectivity index (χ4v) is 6.89. The molecule has 5 aromatic carbocycles. The average Bonchev–Trinajstić information content (AvgIpc) is 3.17. The van der Waals surface area contributed by atoms with Gasteiger partial charge in [0, 0.05) is 25.2 Å². The van der Waals surface area contributed by atoms with Gasteiger partial charge in [-0.1, -0.05) is 121 Å². The molecule has 0 radical (unpaired) electrons. The number of benzene rings is 5. The van der Waals surface area contributed by atoms with Crippen LogP contribution in [0.3, 0.4) is 0 Å². The van der Waals surface area contributed by atoms with E-state index in [4.69, 9.17) is 18.9 Å². The number of β-amino-alcohol motifs (C(OH)–C–C–N with tert-alkyl or cyclic N) is 1. The summed E-state index contributed by atoms with van der Waals surface area (Å²) in [7, 11) is 0. The van der Waals surface area contributed by atoms with E-state index >= 15 is 4.39 Å². The molecule has 9 heteroatoms. The predicted octanol–water partition coefficient (Wildman–Crippen LogP) is 8.56. The number of hydrogen-bond donors (Lipinski definition) is 1. The van der Waals surface area contributed by atoms with Crippen molar-refractivity contribution in [3.05, 3.63) is 173 Å². The Morgan fingerprint density at radius 3 is 1.85 bits per heavy atom. The third-order valence-corrected chi connectivity index (χ3v) is 9.43. The maximum Gasteiger partial charge on any atom is 0.410 e. The van der Waals surface area contributed by atoms with Crippen LogP contribution < -0.4 is 4.74 Å². The molecule has 1 amide bonds. The molecule has 0 aliphatic carbocycles. The number of aliphatic hydroxyl groups excluding tert-OH is 1. The molecule has 4 atom stereocenters. The van der Waals surface area contributed by atoms with E-state index in [0.717, 1.165) is 22.3 Å². The summed E-state index contributed by atoms with van der Waals surface area (Å²) in [6.45, 7) is 6.91. The van der Waals surface area contributed by atoms with Gasteiger partial charge in [-0.25, -0.2) is 9.18 Å². The Balaban J connectivity index is 1.45. The fourth-order valence-electron chi connectivity index (χ4n) is 6.89. The van der Waals surface area contributed by atoms with Gasteiger partial charge in [0.15, 0.2) is 6.29 Å². The second kappa shape index (κ2) is 19.0. The second-order valence-corrected chi connectivity index (χ2v) is 15.0. The predicted molar refractivity (Wildman–Crippen MR) is 211 cm³/mol. The van der Waals surface area contributed by atoms with E-state index in [1.54, 1.807) is 0 Å². The summed E-state index contributed by atoms with van der Waals surface area (Å²) in [4.78, 5) is 17.8. The summed E-state index contributed by atoms with van der Waals surface area (Å²) in [6.07, 6.45) is -2.15. The zero-order valence-electron chi connectivity index (χ0n) is 31.8. The highest BCUT2D eigenvalue weighted by Crippen LogP contribution is 2.30. The number of aliphatic hydroxyl groups is 1. The lowest BCUT2D eigenvalue weighted by molar-refractivity contribution is -0.190. The molecule has 0 saturated carbocycles. The first kappa shape index (κ1) is 39.6. The lowest BCUT2D eigenvalue weighted by atomic mass is 9.92. The molecule has 55 heavy (non-hydrogen) atoms. The lowest BCUT2D eigenvalue weighted by Gasteiger charge is -2.46. The summed E-state index contributed by atoms with van der Waals surface area (Å²) in [5, 5.41) is 10.7. The number of ether oxygens (including phenoxy) is 4. The van der Waals surface area contributed by atoms with Crippen molar-refractivity contribution in [3.63, 3.8) is 0 Å². The number of rotatable bonds is 15. The Morgan fingerprint density at radius 2 is 1.31 bits per heavy atom. The van der Waals surface area contributed by atoms with Crippen molar-refractivity contribution >= 4 is 6.09 Å². The molecule has 1 heterocycles. The monoisotopic (exact) mass is 746 g/mol. The molecule has 4 unspecified atom stereocenters. The van der Waals surface area contributed by atoms with Crippen molar-refractivity contribution in [1.29, 1.82) is 0 Å². The van der Waals surface area contributed by atoms with Crippen LogP contribution in [0.4, 0.5) is 9.18 Å². The third kappa shape index (κ3) is 12.0. The molecule has 1 aliphatic heterocycles. The van der Waals surface area contributed by atoms with E-state index in [1.165, 1.54) is 17.0 Å². The first-order valence-corrected chi connectivity index (χ1v) is 18.8. The fraction of sp³-hybridized carbons (Fsp3) is 0.326. The Morgan fingerprint density at radius 1 is 0.782 bits per heavy atom. The van der Waals surface area contributed by atoms with Crippen molar-refractivity contribution in [3.8, 4) is 5.75 Å². The average molecular weight is 747 g/mol. The van der Waals surface area contributed by atoms with Crippen LogP contribution in [-0.2, 0) is 46.9 Å². The van der Waals surface area contributed by atoms with Crippen molar-refractivity contribution in [2.45, 2.75) is 83.6 Å². The Kier molecular flexibility index (Phi) is 13.7. The molecule has 1 fully saturated rings. The van der Waals surface area contributed by atoms with Gasteiger partial charge < -0.3 is 24.1 Å². The maximum atomic E-state index is 15.6. The van der Waals surface area contributed by atoms with Crippen LogP contribution >= 0.6 is 0 Å². The molecule has 1 N–H and O–H groups in total. The van der Waals surface area contributed by atoms with Gasteiger partial charge in [0.25, 0.3) is 0 Å². The largest absolute Gasteiger partial charge is 0.489 e. The van der Waals surface area contributed by atoms with Gasteiger partial charge in [-0.3, -0.25) is 9.80 Å². The molecule has 6 rings (SSSR count). The van der Waals surface area contributed by atoms with Crippen LogP contribution in [0.15, 0.2) is 140 Å². The number of morpholine rings is 1. The Bertz CT molecular complexity index is 1870. The number of carbonyl (C=O) groups excluding carboxylic acids is 1. The summed E-state index contributed by atoms with van der Waals surface area (Å²) in [5.41, 5.74) is 4.00. The molecule has 0 aromatic heterocycles. The summed E-state index contributed by atoms with van der Waals surface area (Å²) < 4.78 is 40.5. The van der Waals surface area contributed by atoms with E-state index in [-0.39, 0.29) is 26.4 Å². The Labute approximate surface area is 324 Å². The van der Waals surface area contributed by atoms with E-state index in [0.29, 0.717) is 30.8 Å². The zero-order valence-corrected chi connectivity index (χ0v) is 31.8. The highest BCUT2D eigenvalue weighted by molar-refractivity contribution is 5.69. The van der Waals surface area contributed by atoms with Gasteiger partial charge in [-0.2, -0.15) is 0 Å². The normalized spacial score (nSPS) is 17.1. The van der Waals surface area contributed by atoms with Crippen LogP contribution in [-0.4, -0.2) is 64.2 Å². The second-order valence-electron chi connectivity index (χ2n) is 15.0. The molecule has 0 spiro atoms. The molecule has 1 aliphatic rings. The van der Waals surface area contributed by atoms with Crippen molar-refractivity contribution in [2.75, 3.05) is 13.2 Å². The van der Waals surface area contributed by atoms with Gasteiger partial charge in [-0.15, -0.1) is 0 Å². The van der Waals surface area contributed by atoms with Crippen LogP contribution in [0.5, 0.6) is 5.75 Å². The van der Waals surface area contributed by atoms with Gasteiger partial charge in [0.05, 0.1) is 31.9 Å². The molecular formula is C46H51FN2O6. The molecular weight excluding hydrogens is 696 g/mol. The minimum absolute atomic E-state index is 0.00450. The molecule has 288 valence electrons. The third-order valence-electron chi connectivity index (χ3n) is 9.43. The van der Waals surface area contributed by atoms with Crippen molar-refractivity contribution in [1.82, 2.24) is 9.80 Å². The minimum Gasteiger partial charge on any atom is -0.489 e. The molecule has 1 saturated heterocycles. The van der Waals surface area contributed by atoms with Crippen LogP contribution in [0.25, 0.3) is 0 Å². The number of amides is 1. The Hall–Kier alpha value is -5.06. The SMILES string of the molecule is CC(C)(C)OC(=O)N1CC(O)OCC1C(OCc1ccccc1)C(Cc1cc(F)cc(OCc2ccccc2)c1)N(Cc1ccccc1)Cc1ccccc1. The van der Waals surface area contributed by atoms with Crippen LogP contribution in [0.1, 0.15) is 48.6 Å². The maximum absolute atomic E-state index is 15.6. The zero-order chi connectivity index (χ0) is 38.6. The number of carbonyl (C=O) groups is 1. The quantitative estimate of drug-likeness (QED) is 0.115. The van der Waals surface area contributed by atoms with E-state index in [2.05, 4.69) is 29.2 Å². The highest BCUT2D eigenvalue weighted by Gasteiger charge is 2.44. The summed E-state index contributed by atoms with van der Waals surface area (Å²) >= 11 is 0. The molecule has 0 bridgehead atoms. The number of halogens is 1. The van der Waals surface area contributed by atoms with Crippen molar-refractivity contribution in [2.24, 2.45) is 0 Å². The van der Waals surface area contributed by atoms with Gasteiger partial charge >= 0.3 is 6.09 Å². The lowest BCUT2D eigenvalue weighted by Crippen LogP contribution is -2.63. The number of hydrogen-bond acceptors (Lipinski definition) is 7. The summed E-state index contributed by atoms with van der Waals surface area (Å²) in [5.74, 6) is -0.00485. The standard InChI is InChI=1S/C46H51FN2O6/c1-46(2,3)55-45(51)49-30-43(50)53-33-42(49)44(54-32-37-22-14-7-15-23-37)41(48(28-34-16-8-4-9-17-34)29-35-18-10-5-11-19-35)26-38-24-39(47)27-40(25-38)52-31-36-20-12-6-13-21-36/h4-25,27,41-44,50H,26,28-33H2,1-3H3.